The number of carbonyl (C=O) groups is 2. The first-order chi connectivity index (χ1) is 8.49. The Hall–Kier alpha value is -1.06. The molecule has 0 saturated carbocycles. The molecule has 0 aromatic carbocycles. The molecule has 0 saturated heterocycles. The summed E-state index contributed by atoms with van der Waals surface area (Å²) < 4.78 is 10.3. The Morgan fingerprint density at radius 2 is 1.67 bits per heavy atom. The number of hydrogen-bond acceptors (Lipinski definition) is 4. The van der Waals surface area contributed by atoms with E-state index >= 15 is 0 Å². The second-order valence-corrected chi connectivity index (χ2v) is 4.89. The van der Waals surface area contributed by atoms with Crippen LogP contribution < -0.4 is 0 Å². The summed E-state index contributed by atoms with van der Waals surface area (Å²) >= 11 is 0. The van der Waals surface area contributed by atoms with Crippen molar-refractivity contribution in [2.24, 2.45) is 5.92 Å². The van der Waals surface area contributed by atoms with Crippen LogP contribution in [0.4, 0.5) is 0 Å². The minimum absolute atomic E-state index is 0.0193. The average Bonchev–Trinajstić information content (AvgIpc) is 2.33. The van der Waals surface area contributed by atoms with E-state index in [2.05, 4.69) is 6.92 Å². The zero-order valence-electron chi connectivity index (χ0n) is 12.0. The molecule has 0 aliphatic carbocycles. The summed E-state index contributed by atoms with van der Waals surface area (Å²) in [5.41, 5.74) is 0. The first-order valence-corrected chi connectivity index (χ1v) is 6.84. The first-order valence-electron chi connectivity index (χ1n) is 6.84. The van der Waals surface area contributed by atoms with Gasteiger partial charge in [0, 0.05) is 0 Å². The van der Waals surface area contributed by atoms with E-state index in [0.29, 0.717) is 12.5 Å². The minimum atomic E-state index is -0.329. The maximum atomic E-state index is 11.5. The Balaban J connectivity index is 3.78. The van der Waals surface area contributed by atoms with E-state index in [4.69, 9.17) is 9.47 Å². The zero-order chi connectivity index (χ0) is 14.0. The summed E-state index contributed by atoms with van der Waals surface area (Å²) in [6, 6.07) is 0. The van der Waals surface area contributed by atoms with E-state index in [1.54, 1.807) is 0 Å². The lowest BCUT2D eigenvalue weighted by atomic mass is 10.1. The lowest BCUT2D eigenvalue weighted by Gasteiger charge is -2.15. The van der Waals surface area contributed by atoms with Crippen LogP contribution in [-0.4, -0.2) is 24.6 Å². The number of esters is 2. The van der Waals surface area contributed by atoms with E-state index in [0.717, 1.165) is 19.3 Å². The standard InChI is InChI=1S/C14H26O4/c1-5-7-12(6-2)18-14(16)9-8-13(15)17-10-11(3)4/h11-12H,5-10H2,1-4H3. The van der Waals surface area contributed by atoms with Crippen molar-refractivity contribution >= 4 is 11.9 Å². The largest absolute Gasteiger partial charge is 0.465 e. The summed E-state index contributed by atoms with van der Waals surface area (Å²) in [7, 11) is 0. The highest BCUT2D eigenvalue weighted by Crippen LogP contribution is 2.08. The summed E-state index contributed by atoms with van der Waals surface area (Å²) in [4.78, 5) is 22.8. The molecule has 1 unspecified atom stereocenters. The molecule has 106 valence electrons. The molecule has 0 aromatic heterocycles. The Bertz CT molecular complexity index is 248. The Kier molecular flexibility index (Phi) is 9.33. The predicted molar refractivity (Wildman–Crippen MR) is 70.1 cm³/mol. The van der Waals surface area contributed by atoms with Gasteiger partial charge in [0.15, 0.2) is 0 Å². The summed E-state index contributed by atoms with van der Waals surface area (Å²) in [6.07, 6.45) is 2.87. The van der Waals surface area contributed by atoms with Gasteiger partial charge >= 0.3 is 11.9 Å². The van der Waals surface area contributed by atoms with Crippen LogP contribution in [0.15, 0.2) is 0 Å². The lowest BCUT2D eigenvalue weighted by Crippen LogP contribution is -2.18. The molecule has 0 spiro atoms. The quantitative estimate of drug-likeness (QED) is 0.596. The van der Waals surface area contributed by atoms with E-state index in [-0.39, 0.29) is 30.9 Å². The van der Waals surface area contributed by atoms with Gasteiger partial charge in [0.05, 0.1) is 19.4 Å². The monoisotopic (exact) mass is 258 g/mol. The minimum Gasteiger partial charge on any atom is -0.465 e. The average molecular weight is 258 g/mol. The van der Waals surface area contributed by atoms with Gasteiger partial charge in [-0.05, 0) is 18.8 Å². The highest BCUT2D eigenvalue weighted by atomic mass is 16.5. The van der Waals surface area contributed by atoms with Crippen LogP contribution >= 0.6 is 0 Å². The van der Waals surface area contributed by atoms with Gasteiger partial charge in [-0.2, -0.15) is 0 Å². The Morgan fingerprint density at radius 1 is 1.06 bits per heavy atom. The first kappa shape index (κ1) is 16.9. The highest BCUT2D eigenvalue weighted by Gasteiger charge is 2.14. The van der Waals surface area contributed by atoms with Crippen molar-refractivity contribution < 1.29 is 19.1 Å². The van der Waals surface area contributed by atoms with Crippen LogP contribution in [-0.2, 0) is 19.1 Å². The summed E-state index contributed by atoms with van der Waals surface area (Å²) in [6.45, 7) is 8.39. The molecule has 1 atom stereocenters. The van der Waals surface area contributed by atoms with Gasteiger partial charge in [-0.25, -0.2) is 0 Å². The molecular formula is C14H26O4. The number of hydrogen-bond donors (Lipinski definition) is 0. The molecule has 0 fully saturated rings. The normalized spacial score (nSPS) is 12.3. The van der Waals surface area contributed by atoms with Crippen molar-refractivity contribution in [2.75, 3.05) is 6.61 Å². The SMILES string of the molecule is CCCC(CC)OC(=O)CCC(=O)OCC(C)C. The molecule has 0 heterocycles. The van der Waals surface area contributed by atoms with E-state index < -0.39 is 0 Å². The van der Waals surface area contributed by atoms with Crippen molar-refractivity contribution in [3.8, 4) is 0 Å². The second-order valence-electron chi connectivity index (χ2n) is 4.89. The third-order valence-electron chi connectivity index (χ3n) is 2.48. The molecule has 4 heteroatoms. The Morgan fingerprint density at radius 3 is 2.17 bits per heavy atom. The highest BCUT2D eigenvalue weighted by molar-refractivity contribution is 5.77. The predicted octanol–water partition coefficient (Wildman–Crippen LogP) is 3.09. The zero-order valence-corrected chi connectivity index (χ0v) is 12.0. The van der Waals surface area contributed by atoms with Crippen molar-refractivity contribution in [2.45, 2.75) is 65.9 Å². The van der Waals surface area contributed by atoms with E-state index in [1.807, 2.05) is 20.8 Å². The van der Waals surface area contributed by atoms with Crippen molar-refractivity contribution in [3.05, 3.63) is 0 Å². The van der Waals surface area contributed by atoms with Crippen LogP contribution in [0, 0.1) is 5.92 Å². The molecule has 0 radical (unpaired) electrons. The fraction of sp³-hybridized carbons (Fsp3) is 0.857. The molecule has 4 nitrogen and oxygen atoms in total. The van der Waals surface area contributed by atoms with Crippen LogP contribution in [0.5, 0.6) is 0 Å². The van der Waals surface area contributed by atoms with Gasteiger partial charge in [0.25, 0.3) is 0 Å². The molecule has 0 rings (SSSR count). The lowest BCUT2D eigenvalue weighted by molar-refractivity contribution is -0.154. The van der Waals surface area contributed by atoms with Crippen LogP contribution in [0.3, 0.4) is 0 Å². The molecule has 0 amide bonds. The Labute approximate surface area is 110 Å². The maximum absolute atomic E-state index is 11.5. The molecule has 18 heavy (non-hydrogen) atoms. The van der Waals surface area contributed by atoms with Crippen LogP contribution in [0.2, 0.25) is 0 Å². The topological polar surface area (TPSA) is 52.6 Å². The molecule has 0 aliphatic rings. The summed E-state index contributed by atoms with van der Waals surface area (Å²) in [5, 5.41) is 0. The van der Waals surface area contributed by atoms with Gasteiger partial charge < -0.3 is 9.47 Å². The molecule has 0 bridgehead atoms. The van der Waals surface area contributed by atoms with Crippen molar-refractivity contribution in [1.82, 2.24) is 0 Å². The molecule has 0 N–H and O–H groups in total. The van der Waals surface area contributed by atoms with Crippen LogP contribution in [0.1, 0.15) is 59.8 Å². The van der Waals surface area contributed by atoms with E-state index in [1.165, 1.54) is 0 Å². The fourth-order valence-electron chi connectivity index (χ4n) is 1.45. The van der Waals surface area contributed by atoms with Gasteiger partial charge in [-0.15, -0.1) is 0 Å². The maximum Gasteiger partial charge on any atom is 0.306 e. The van der Waals surface area contributed by atoms with Gasteiger partial charge in [0.2, 0.25) is 0 Å². The van der Waals surface area contributed by atoms with Crippen molar-refractivity contribution in [1.29, 1.82) is 0 Å². The van der Waals surface area contributed by atoms with Gasteiger partial charge in [-0.1, -0.05) is 34.1 Å². The van der Waals surface area contributed by atoms with E-state index in [9.17, 15) is 9.59 Å². The third kappa shape index (κ3) is 9.02. The summed E-state index contributed by atoms with van der Waals surface area (Å²) in [5.74, 6) is -0.323. The molecule has 0 aliphatic heterocycles. The van der Waals surface area contributed by atoms with Crippen LogP contribution in [0.25, 0.3) is 0 Å². The second kappa shape index (κ2) is 9.92. The fourth-order valence-corrected chi connectivity index (χ4v) is 1.45. The third-order valence-corrected chi connectivity index (χ3v) is 2.48. The smallest absolute Gasteiger partial charge is 0.306 e. The van der Waals surface area contributed by atoms with Gasteiger partial charge in [0.1, 0.15) is 6.10 Å². The van der Waals surface area contributed by atoms with Gasteiger partial charge in [-0.3, -0.25) is 9.59 Å². The number of rotatable bonds is 9. The molecule has 0 aromatic rings. The number of ether oxygens (including phenoxy) is 2. The van der Waals surface area contributed by atoms with Crippen molar-refractivity contribution in [3.63, 3.8) is 0 Å². The molecular weight excluding hydrogens is 232 g/mol. The number of carbonyl (C=O) groups excluding carboxylic acids is 2.